The van der Waals surface area contributed by atoms with Crippen molar-refractivity contribution in [3.63, 3.8) is 0 Å². The fourth-order valence-electron chi connectivity index (χ4n) is 6.31. The van der Waals surface area contributed by atoms with Crippen LogP contribution in [0.5, 0.6) is 28.7 Å². The number of phenols is 3. The van der Waals surface area contributed by atoms with Crippen molar-refractivity contribution in [2.75, 3.05) is 30.2 Å². The van der Waals surface area contributed by atoms with Crippen LogP contribution >= 0.6 is 0 Å². The zero-order valence-corrected chi connectivity index (χ0v) is 34.7. The van der Waals surface area contributed by atoms with Gasteiger partial charge in [-0.15, -0.1) is 5.10 Å². The van der Waals surface area contributed by atoms with Crippen LogP contribution < -0.4 is 30.7 Å². The molecule has 0 aliphatic carbocycles. The number of carbonyl (C=O) groups excluding carboxylic acids is 4. The molecule has 0 aliphatic rings. The Morgan fingerprint density at radius 3 is 1.95 bits per heavy atom. The number of aromatic amines is 1. The monoisotopic (exact) mass is 885 g/mol. The molecule has 65 heavy (non-hydrogen) atoms. The van der Waals surface area contributed by atoms with E-state index in [2.05, 4.69) is 36.7 Å². The van der Waals surface area contributed by atoms with Crippen LogP contribution in [-0.2, 0) is 16.0 Å². The van der Waals surface area contributed by atoms with Crippen molar-refractivity contribution >= 4 is 64.6 Å². The van der Waals surface area contributed by atoms with E-state index in [4.69, 9.17) is 9.47 Å². The van der Waals surface area contributed by atoms with Crippen LogP contribution in [-0.4, -0.2) is 85.7 Å². The number of hydrogen-bond acceptors (Lipinski definition) is 12. The zero-order valence-electron chi connectivity index (χ0n) is 34.7. The lowest BCUT2D eigenvalue weighted by atomic mass is 10.0. The van der Waals surface area contributed by atoms with Gasteiger partial charge < -0.3 is 51.2 Å². The van der Waals surface area contributed by atoms with Gasteiger partial charge in [0.25, 0.3) is 17.7 Å². The number of aromatic carboxylic acids is 1. The van der Waals surface area contributed by atoms with Gasteiger partial charge in [-0.25, -0.2) is 9.18 Å². The third-order valence-corrected chi connectivity index (χ3v) is 9.69. The molecule has 18 nitrogen and oxygen atoms in total. The molecule has 6 aromatic rings. The summed E-state index contributed by atoms with van der Waals surface area (Å²) in [5.41, 5.74) is 1.72. The first-order chi connectivity index (χ1) is 31.1. The largest absolute Gasteiger partial charge is 0.508 e. The maximum absolute atomic E-state index is 15.7. The predicted octanol–water partition coefficient (Wildman–Crippen LogP) is 6.38. The minimum absolute atomic E-state index is 0.0202. The maximum Gasteiger partial charge on any atom is 0.339 e. The Bertz CT molecular complexity index is 2810. The number of nitrogens with one attached hydrogen (secondary N) is 5. The molecule has 1 atom stereocenters. The van der Waals surface area contributed by atoms with Crippen LogP contribution in [0.15, 0.2) is 109 Å². The number of benzene rings is 5. The highest BCUT2D eigenvalue weighted by Crippen LogP contribution is 2.40. The Balaban J connectivity index is 1.11. The summed E-state index contributed by atoms with van der Waals surface area (Å²) in [6.07, 6.45) is 4.09. The number of nitrogens with zero attached hydrogens (tertiary/aromatic N) is 2. The van der Waals surface area contributed by atoms with E-state index in [1.54, 1.807) is 25.1 Å². The van der Waals surface area contributed by atoms with Gasteiger partial charge in [-0.2, -0.15) is 0 Å². The average molecular weight is 886 g/mol. The van der Waals surface area contributed by atoms with E-state index in [1.807, 2.05) is 0 Å². The summed E-state index contributed by atoms with van der Waals surface area (Å²) < 4.78 is 26.0. The lowest BCUT2D eigenvalue weighted by Crippen LogP contribution is -2.45. The molecule has 0 saturated heterocycles. The predicted molar refractivity (Wildman–Crippen MR) is 236 cm³/mol. The number of hydrogen-bond donors (Lipinski definition) is 9. The van der Waals surface area contributed by atoms with E-state index in [9.17, 15) is 44.4 Å². The minimum atomic E-state index is -1.42. The number of ether oxygens (including phenoxy) is 2. The molecule has 9 N–H and O–H groups in total. The van der Waals surface area contributed by atoms with Crippen molar-refractivity contribution in [1.82, 2.24) is 20.7 Å². The number of rotatable bonds is 16. The highest BCUT2D eigenvalue weighted by Gasteiger charge is 2.25. The summed E-state index contributed by atoms with van der Waals surface area (Å²) >= 11 is 0. The van der Waals surface area contributed by atoms with Crippen LogP contribution in [0.1, 0.15) is 60.4 Å². The number of H-pyrrole nitrogens is 1. The molecule has 0 aliphatic heterocycles. The number of amides is 4. The Morgan fingerprint density at radius 1 is 0.723 bits per heavy atom. The number of carbonyl (C=O) groups is 5. The molecule has 19 heteroatoms. The third kappa shape index (κ3) is 11.1. The molecule has 0 radical (unpaired) electrons. The second-order valence-electron chi connectivity index (χ2n) is 14.1. The smallest absolute Gasteiger partial charge is 0.339 e. The molecule has 0 spiro atoms. The number of anilines is 3. The molecular weight excluding hydrogens is 846 g/mol. The number of aromatic hydroxyl groups is 3. The number of halogens is 1. The highest BCUT2D eigenvalue weighted by molar-refractivity contribution is 6.09. The topological polar surface area (TPSA) is 274 Å². The normalized spacial score (nSPS) is 11.8. The lowest BCUT2D eigenvalue weighted by Gasteiger charge is -2.18. The zero-order chi connectivity index (χ0) is 46.8. The molecular formula is C46H40FN7O11. The van der Waals surface area contributed by atoms with E-state index >= 15 is 4.39 Å². The number of carboxylic acids is 1. The van der Waals surface area contributed by atoms with E-state index in [0.29, 0.717) is 17.0 Å². The second kappa shape index (κ2) is 20.2. The van der Waals surface area contributed by atoms with Crippen LogP contribution in [0.25, 0.3) is 18.0 Å². The fourth-order valence-corrected chi connectivity index (χ4v) is 6.31. The number of carboxylic acid groups (broad SMARTS) is 1. The average Bonchev–Trinajstić information content (AvgIpc) is 3.80. The Kier molecular flexibility index (Phi) is 14.2. The molecule has 0 unspecified atom stereocenters. The molecule has 1 aromatic heterocycles. The summed E-state index contributed by atoms with van der Waals surface area (Å²) in [4.78, 5) is 64.3. The first-order valence-electron chi connectivity index (χ1n) is 19.3. The van der Waals surface area contributed by atoms with Gasteiger partial charge in [0.15, 0.2) is 23.0 Å². The van der Waals surface area contributed by atoms with Gasteiger partial charge >= 0.3 is 5.97 Å². The van der Waals surface area contributed by atoms with Crippen molar-refractivity contribution in [3.05, 3.63) is 148 Å². The highest BCUT2D eigenvalue weighted by atomic mass is 19.1. The maximum atomic E-state index is 15.7. The standard InChI is InChI=1S/C46H40FN7O11/c1-24(20-25-4-15-32(55)16-5-25)42(58)49-29-13-8-27(9-14-29)43(59)52-37(22-31-23-48-54-53-31)45(61)50-30-11-6-26(7-12-30)35(47)21-28-10-17-33(38(56)40(28)64-2)44(60)51-36-19-18-34(46(62)63)39(57)41(36)65-3/h4-21,23,37,55-57H,22H2,1-3H3,(H,49,58)(H,50,61)(H,51,60)(H,52,59)(H,62,63)(H,48,53,54)/b24-20+,35-21-/t37-/m0/s1. The SMILES string of the molecule is COc1c(/C=C(\F)c2ccc(NC(=O)[C@H](Cc3cnn[nH]3)NC(=O)c3ccc(NC(=O)/C(C)=C/c4ccc(O)cc4)cc3)cc2)ccc(C(=O)Nc2ccc(C(=O)O)c(O)c2OC)c1O. The summed E-state index contributed by atoms with van der Waals surface area (Å²) in [6.45, 7) is 1.64. The number of aromatic nitrogens is 3. The molecule has 0 bridgehead atoms. The van der Waals surface area contributed by atoms with E-state index < -0.39 is 52.6 Å². The summed E-state index contributed by atoms with van der Waals surface area (Å²) in [7, 11) is 2.36. The second-order valence-corrected chi connectivity index (χ2v) is 14.1. The van der Waals surface area contributed by atoms with E-state index in [1.165, 1.54) is 92.2 Å². The van der Waals surface area contributed by atoms with Crippen LogP contribution in [0.4, 0.5) is 21.5 Å². The van der Waals surface area contributed by atoms with Crippen molar-refractivity contribution in [3.8, 4) is 28.7 Å². The molecule has 332 valence electrons. The number of phenolic OH excluding ortho intramolecular Hbond substituents is 2. The van der Waals surface area contributed by atoms with Crippen LogP contribution in [0, 0.1) is 0 Å². The first kappa shape index (κ1) is 45.5. The van der Waals surface area contributed by atoms with Gasteiger partial charge in [0.1, 0.15) is 23.2 Å². The number of methoxy groups -OCH3 is 2. The van der Waals surface area contributed by atoms with Crippen molar-refractivity contribution in [2.24, 2.45) is 0 Å². The van der Waals surface area contributed by atoms with Gasteiger partial charge in [-0.3, -0.25) is 24.3 Å². The summed E-state index contributed by atoms with van der Waals surface area (Å²) in [6, 6.07) is 21.7. The van der Waals surface area contributed by atoms with Gasteiger partial charge in [-0.05, 0) is 104 Å². The minimum Gasteiger partial charge on any atom is -0.508 e. The quantitative estimate of drug-likeness (QED) is 0.0378. The molecule has 0 fully saturated rings. The van der Waals surface area contributed by atoms with Gasteiger partial charge in [0.2, 0.25) is 5.91 Å². The van der Waals surface area contributed by atoms with E-state index in [0.717, 1.165) is 24.8 Å². The molecule has 0 saturated carbocycles. The lowest BCUT2D eigenvalue weighted by molar-refractivity contribution is -0.118. The van der Waals surface area contributed by atoms with Gasteiger partial charge in [-0.1, -0.05) is 23.4 Å². The first-order valence-corrected chi connectivity index (χ1v) is 19.3. The van der Waals surface area contributed by atoms with Crippen molar-refractivity contribution in [1.29, 1.82) is 0 Å². The molecule has 1 heterocycles. The van der Waals surface area contributed by atoms with Crippen LogP contribution in [0.2, 0.25) is 0 Å². The van der Waals surface area contributed by atoms with Gasteiger partial charge in [0, 0.05) is 40.1 Å². The molecule has 4 amide bonds. The molecule has 5 aromatic carbocycles. The van der Waals surface area contributed by atoms with Gasteiger partial charge in [0.05, 0.1) is 37.4 Å². The third-order valence-electron chi connectivity index (χ3n) is 9.69. The van der Waals surface area contributed by atoms with Crippen LogP contribution in [0.3, 0.4) is 0 Å². The fraction of sp³-hybridized carbons (Fsp3) is 0.109. The Hall–Kier alpha value is -9.00. The Labute approximate surface area is 369 Å². The van der Waals surface area contributed by atoms with Crippen molar-refractivity contribution in [2.45, 2.75) is 19.4 Å². The molecule has 6 rings (SSSR count). The summed E-state index contributed by atoms with van der Waals surface area (Å²) in [5.74, 6) is -6.51. The van der Waals surface area contributed by atoms with Crippen molar-refractivity contribution < 1.29 is 58.3 Å². The summed E-state index contributed by atoms with van der Waals surface area (Å²) in [5, 5.41) is 60.7. The Morgan fingerprint density at radius 2 is 1.34 bits per heavy atom. The van der Waals surface area contributed by atoms with E-state index in [-0.39, 0.29) is 63.2 Å².